The molecule has 0 aliphatic heterocycles. The first kappa shape index (κ1) is 35.6. The Morgan fingerprint density at radius 1 is 0.679 bits per heavy atom. The molecule has 53 heavy (non-hydrogen) atoms. The predicted molar refractivity (Wildman–Crippen MR) is 210 cm³/mol. The minimum absolute atomic E-state index is 0. The maximum atomic E-state index is 6.36. The Hall–Kier alpha value is -5.75. The van der Waals surface area contributed by atoms with E-state index in [2.05, 4.69) is 108 Å². The van der Waals surface area contributed by atoms with Crippen molar-refractivity contribution in [2.45, 2.75) is 39.5 Å². The number of pyridine rings is 1. The first-order valence-corrected chi connectivity index (χ1v) is 17.6. The van der Waals surface area contributed by atoms with Crippen LogP contribution >= 0.6 is 0 Å². The zero-order chi connectivity index (χ0) is 35.6. The van der Waals surface area contributed by atoms with Crippen molar-refractivity contribution in [3.8, 4) is 39.5 Å². The molecule has 0 bridgehead atoms. The molecule has 0 N–H and O–H groups in total. The molecule has 0 amide bonds. The van der Waals surface area contributed by atoms with Crippen LogP contribution in [0.3, 0.4) is 0 Å². The summed E-state index contributed by atoms with van der Waals surface area (Å²) in [6, 6.07) is 47.7. The molecule has 0 unspecified atom stereocenters. The topological polar surface area (TPSA) is 69.6 Å². The van der Waals surface area contributed by atoms with Gasteiger partial charge in [-0.15, -0.1) is 54.1 Å². The van der Waals surface area contributed by atoms with Gasteiger partial charge >= 0.3 is 0 Å². The third-order valence-corrected chi connectivity index (χ3v) is 9.30. The van der Waals surface area contributed by atoms with Crippen LogP contribution in [0, 0.1) is 12.1 Å². The Kier molecular flexibility index (Phi) is 10.4. The van der Waals surface area contributed by atoms with Gasteiger partial charge in [0, 0.05) is 37.4 Å². The molecule has 1 radical (unpaired) electrons. The molecular formula is C46H37IrN5O-2. The van der Waals surface area contributed by atoms with E-state index in [1.54, 1.807) is 12.5 Å². The van der Waals surface area contributed by atoms with Crippen molar-refractivity contribution in [2.24, 2.45) is 0 Å². The fourth-order valence-corrected chi connectivity index (χ4v) is 6.78. The Morgan fingerprint density at radius 3 is 2.19 bits per heavy atom. The summed E-state index contributed by atoms with van der Waals surface area (Å²) in [5.74, 6) is 1.41. The maximum absolute atomic E-state index is 6.36. The molecule has 5 aromatic carbocycles. The van der Waals surface area contributed by atoms with Gasteiger partial charge in [0.1, 0.15) is 17.4 Å². The van der Waals surface area contributed by atoms with Gasteiger partial charge in [0.2, 0.25) is 0 Å². The fraction of sp³-hybridized carbons (Fsp3) is 0.130. The van der Waals surface area contributed by atoms with E-state index in [9.17, 15) is 0 Å². The summed E-state index contributed by atoms with van der Waals surface area (Å²) < 4.78 is 8.54. The quantitative estimate of drug-likeness (QED) is 0.156. The van der Waals surface area contributed by atoms with Crippen LogP contribution in [-0.4, -0.2) is 24.5 Å². The average Bonchev–Trinajstić information content (AvgIpc) is 3.77. The van der Waals surface area contributed by atoms with Crippen molar-refractivity contribution in [3.63, 3.8) is 0 Å². The SMILES string of the molecule is CC(C)c1cccc(C(C)C)c1-n1c(-c2[c-]ccc3c2oc2ccccc23)nc2cncnc21.[Ir].[c-]1ccccc1-c1cc(-c2ccccc2)ccn1. The Bertz CT molecular complexity index is 2560. The third-order valence-electron chi connectivity index (χ3n) is 9.30. The van der Waals surface area contributed by atoms with Crippen molar-refractivity contribution in [3.05, 3.63) is 163 Å². The molecule has 0 atom stereocenters. The molecule has 0 fully saturated rings. The molecule has 0 aliphatic carbocycles. The van der Waals surface area contributed by atoms with Crippen LogP contribution in [0.1, 0.15) is 50.7 Å². The first-order chi connectivity index (χ1) is 25.5. The summed E-state index contributed by atoms with van der Waals surface area (Å²) in [6.07, 6.45) is 5.20. The van der Waals surface area contributed by atoms with E-state index < -0.39 is 0 Å². The van der Waals surface area contributed by atoms with E-state index >= 15 is 0 Å². The number of furan rings is 1. The van der Waals surface area contributed by atoms with E-state index in [1.807, 2.05) is 79.0 Å². The van der Waals surface area contributed by atoms with Gasteiger partial charge in [-0.05, 0) is 51.9 Å². The Labute approximate surface area is 323 Å². The number of para-hydroxylation sites is 2. The van der Waals surface area contributed by atoms with Gasteiger partial charge in [0.15, 0.2) is 5.65 Å². The molecule has 0 saturated carbocycles. The second kappa shape index (κ2) is 15.5. The van der Waals surface area contributed by atoms with E-state index in [1.165, 1.54) is 22.3 Å². The van der Waals surface area contributed by atoms with Gasteiger partial charge in [-0.3, -0.25) is 4.98 Å². The molecule has 263 valence electrons. The molecule has 0 saturated heterocycles. The number of benzene rings is 5. The number of hydrogen-bond donors (Lipinski definition) is 0. The zero-order valence-corrected chi connectivity index (χ0v) is 32.3. The molecular weight excluding hydrogens is 831 g/mol. The summed E-state index contributed by atoms with van der Waals surface area (Å²) in [5, 5.41) is 2.14. The normalized spacial score (nSPS) is 11.2. The average molecular weight is 868 g/mol. The third kappa shape index (κ3) is 6.94. The van der Waals surface area contributed by atoms with Crippen LogP contribution in [0.2, 0.25) is 0 Å². The van der Waals surface area contributed by atoms with Crippen molar-refractivity contribution < 1.29 is 24.5 Å². The molecule has 0 spiro atoms. The van der Waals surface area contributed by atoms with Crippen LogP contribution < -0.4 is 0 Å². The molecule has 9 aromatic rings. The predicted octanol–water partition coefficient (Wildman–Crippen LogP) is 11.6. The summed E-state index contributed by atoms with van der Waals surface area (Å²) in [5.41, 5.74) is 12.0. The Balaban J connectivity index is 0.000000194. The number of imidazole rings is 1. The van der Waals surface area contributed by atoms with E-state index in [0.29, 0.717) is 11.8 Å². The van der Waals surface area contributed by atoms with Gasteiger partial charge in [-0.2, -0.15) is 0 Å². The largest absolute Gasteiger partial charge is 0.501 e. The van der Waals surface area contributed by atoms with Crippen LogP contribution in [0.25, 0.3) is 72.6 Å². The molecule has 0 aliphatic rings. The van der Waals surface area contributed by atoms with Gasteiger partial charge in [0.05, 0.1) is 17.6 Å². The summed E-state index contributed by atoms with van der Waals surface area (Å²) in [4.78, 5) is 18.3. The smallest absolute Gasteiger partial charge is 0.158 e. The zero-order valence-electron chi connectivity index (χ0n) is 29.9. The van der Waals surface area contributed by atoms with Gasteiger partial charge < -0.3 is 14.0 Å². The van der Waals surface area contributed by atoms with E-state index in [4.69, 9.17) is 9.40 Å². The first-order valence-electron chi connectivity index (χ1n) is 17.6. The van der Waals surface area contributed by atoms with E-state index in [0.717, 1.165) is 61.4 Å². The van der Waals surface area contributed by atoms with Crippen molar-refractivity contribution >= 4 is 33.1 Å². The summed E-state index contributed by atoms with van der Waals surface area (Å²) >= 11 is 0. The summed E-state index contributed by atoms with van der Waals surface area (Å²) in [6.45, 7) is 8.90. The molecule has 4 heterocycles. The molecule has 9 rings (SSSR count). The Morgan fingerprint density at radius 2 is 1.43 bits per heavy atom. The summed E-state index contributed by atoms with van der Waals surface area (Å²) in [7, 11) is 0. The number of aromatic nitrogens is 5. The maximum Gasteiger partial charge on any atom is 0.158 e. The standard InChI is InChI=1S/C29H25N4O.C17H12N.Ir/c1-17(2)19-10-7-11-20(18(3)4)26(19)33-28(32-24-15-30-16-31-29(24)33)23-13-8-12-22-21-9-5-6-14-25(21)34-27(22)23;1-3-7-14(8-4-1)16-11-12-18-17(13-16)15-9-5-2-6-10-15;/h5-12,14-18H,1-4H3;1-9,11-13H;/q2*-1;. The van der Waals surface area contributed by atoms with E-state index in [-0.39, 0.29) is 20.1 Å². The fourth-order valence-electron chi connectivity index (χ4n) is 6.78. The van der Waals surface area contributed by atoms with Gasteiger partial charge in [-0.25, -0.2) is 9.97 Å². The minimum Gasteiger partial charge on any atom is -0.501 e. The molecule has 4 aromatic heterocycles. The number of rotatable bonds is 6. The van der Waals surface area contributed by atoms with Crippen molar-refractivity contribution in [1.29, 1.82) is 0 Å². The number of nitrogens with zero attached hydrogens (tertiary/aromatic N) is 5. The van der Waals surface area contributed by atoms with Crippen LogP contribution in [0.15, 0.2) is 144 Å². The van der Waals surface area contributed by atoms with Crippen LogP contribution in [0.4, 0.5) is 0 Å². The molecule has 7 heteroatoms. The van der Waals surface area contributed by atoms with Crippen molar-refractivity contribution in [1.82, 2.24) is 24.5 Å². The van der Waals surface area contributed by atoms with Gasteiger partial charge in [0.25, 0.3) is 0 Å². The number of hydrogen-bond acceptors (Lipinski definition) is 5. The minimum atomic E-state index is 0. The second-order valence-electron chi connectivity index (χ2n) is 13.4. The van der Waals surface area contributed by atoms with Crippen LogP contribution in [-0.2, 0) is 20.1 Å². The monoisotopic (exact) mass is 868 g/mol. The second-order valence-corrected chi connectivity index (χ2v) is 13.4. The number of fused-ring (bicyclic) bond motifs is 4. The van der Waals surface area contributed by atoms with Crippen molar-refractivity contribution in [2.75, 3.05) is 0 Å². The van der Waals surface area contributed by atoms with Crippen LogP contribution in [0.5, 0.6) is 0 Å². The van der Waals surface area contributed by atoms with Gasteiger partial charge in [-0.1, -0.05) is 111 Å². The molecule has 6 nitrogen and oxygen atoms in total.